The average molecular weight is 447 g/mol. The molecular weight excluding hydrogens is 420 g/mol. The third-order valence-electron chi connectivity index (χ3n) is 4.87. The number of anilines is 2. The molecule has 2 heterocycles. The minimum absolute atomic E-state index is 0.101. The van der Waals surface area contributed by atoms with Gasteiger partial charge in [0.15, 0.2) is 6.61 Å². The number of amides is 1. The number of aromatic nitrogens is 2. The number of likely N-dealkylation sites (N-methyl/N-ethyl adjacent to an activating group) is 1. The normalized spacial score (nSPS) is 15.0. The Kier molecular flexibility index (Phi) is 7.56. The molecule has 3 rings (SSSR count). The van der Waals surface area contributed by atoms with Crippen molar-refractivity contribution in [2.75, 3.05) is 37.0 Å². The number of nitrogens with zero attached hydrogens (tertiary/aromatic N) is 3. The second-order valence-electron chi connectivity index (χ2n) is 7.39. The molecule has 9 nitrogen and oxygen atoms in total. The molecule has 0 aromatic carbocycles. The number of rotatable bonds is 8. The van der Waals surface area contributed by atoms with Crippen molar-refractivity contribution in [3.8, 4) is 0 Å². The van der Waals surface area contributed by atoms with Gasteiger partial charge in [0.25, 0.3) is 5.91 Å². The van der Waals surface area contributed by atoms with E-state index in [0.29, 0.717) is 22.4 Å². The number of hydrogen-bond acceptors (Lipinski definition) is 9. The fourth-order valence-electron chi connectivity index (χ4n) is 3.37. The lowest BCUT2D eigenvalue weighted by Gasteiger charge is -2.18. The topological polar surface area (TPSA) is 111 Å². The van der Waals surface area contributed by atoms with Crippen LogP contribution < -0.4 is 10.2 Å². The first-order valence-electron chi connectivity index (χ1n) is 10.1. The van der Waals surface area contributed by atoms with Crippen LogP contribution in [-0.2, 0) is 31.9 Å². The molecule has 10 heteroatoms. The minimum Gasteiger partial charge on any atom is -0.462 e. The van der Waals surface area contributed by atoms with E-state index in [1.54, 1.807) is 32.4 Å². The van der Waals surface area contributed by atoms with Crippen LogP contribution in [0.3, 0.4) is 0 Å². The minimum atomic E-state index is -0.588. The number of fused-ring (bicyclic) bond motifs is 1. The zero-order chi connectivity index (χ0) is 22.4. The predicted molar refractivity (Wildman–Crippen MR) is 116 cm³/mol. The maximum absolute atomic E-state index is 12.5. The molecule has 1 aliphatic rings. The third kappa shape index (κ3) is 5.78. The Morgan fingerprint density at radius 1 is 1.26 bits per heavy atom. The van der Waals surface area contributed by atoms with Gasteiger partial charge in [-0.3, -0.25) is 9.59 Å². The van der Waals surface area contributed by atoms with Crippen LogP contribution in [-0.4, -0.2) is 54.6 Å². The molecule has 0 radical (unpaired) electrons. The molecule has 1 unspecified atom stereocenters. The monoisotopic (exact) mass is 446 g/mol. The van der Waals surface area contributed by atoms with Crippen molar-refractivity contribution in [3.63, 3.8) is 0 Å². The number of ether oxygens (including phenoxy) is 2. The summed E-state index contributed by atoms with van der Waals surface area (Å²) < 4.78 is 10.3. The van der Waals surface area contributed by atoms with Crippen LogP contribution in [0.2, 0.25) is 0 Å². The lowest BCUT2D eigenvalue weighted by molar-refractivity contribution is -0.145. The zero-order valence-corrected chi connectivity index (χ0v) is 18.7. The van der Waals surface area contributed by atoms with Crippen molar-refractivity contribution in [2.45, 2.75) is 33.1 Å². The van der Waals surface area contributed by atoms with Gasteiger partial charge in [-0.25, -0.2) is 14.8 Å². The largest absolute Gasteiger partial charge is 0.462 e. The summed E-state index contributed by atoms with van der Waals surface area (Å²) in [5.41, 5.74) is 1.38. The SMILES string of the molecule is CCOC(=O)c1c(NC(=O)COC(=O)CN(C)c2ncccn2)sc2c1CCC(C)C2. The molecule has 0 saturated heterocycles. The van der Waals surface area contributed by atoms with Crippen molar-refractivity contribution < 1.29 is 23.9 Å². The average Bonchev–Trinajstić information content (AvgIpc) is 3.09. The van der Waals surface area contributed by atoms with E-state index in [9.17, 15) is 14.4 Å². The summed E-state index contributed by atoms with van der Waals surface area (Å²) in [6, 6.07) is 1.67. The van der Waals surface area contributed by atoms with Gasteiger partial charge in [-0.15, -0.1) is 11.3 Å². The highest BCUT2D eigenvalue weighted by atomic mass is 32.1. The molecule has 2 aromatic heterocycles. The molecule has 31 heavy (non-hydrogen) atoms. The second kappa shape index (κ2) is 10.3. The highest BCUT2D eigenvalue weighted by molar-refractivity contribution is 7.17. The van der Waals surface area contributed by atoms with E-state index >= 15 is 0 Å². The maximum Gasteiger partial charge on any atom is 0.341 e. The molecule has 1 atom stereocenters. The van der Waals surface area contributed by atoms with Crippen molar-refractivity contribution in [1.82, 2.24) is 9.97 Å². The van der Waals surface area contributed by atoms with Crippen LogP contribution in [0.25, 0.3) is 0 Å². The van der Waals surface area contributed by atoms with Crippen molar-refractivity contribution in [2.24, 2.45) is 5.92 Å². The van der Waals surface area contributed by atoms with Crippen LogP contribution in [0.1, 0.15) is 41.1 Å². The number of thiophene rings is 1. The Morgan fingerprint density at radius 3 is 2.71 bits per heavy atom. The van der Waals surface area contributed by atoms with Crippen molar-refractivity contribution in [3.05, 3.63) is 34.5 Å². The van der Waals surface area contributed by atoms with Crippen molar-refractivity contribution in [1.29, 1.82) is 0 Å². The standard InChI is InChI=1S/C21H26N4O5S/c1-4-29-20(28)18-14-7-6-13(2)10-15(14)31-19(18)24-16(26)12-30-17(27)11-25(3)21-22-8-5-9-23-21/h5,8-9,13H,4,6-7,10-12H2,1-3H3,(H,24,26). The first kappa shape index (κ1) is 22.7. The Bertz CT molecular complexity index is 947. The van der Waals surface area contributed by atoms with Crippen LogP contribution in [0.15, 0.2) is 18.5 Å². The summed E-state index contributed by atoms with van der Waals surface area (Å²) >= 11 is 1.39. The van der Waals surface area contributed by atoms with Gasteiger partial charge in [0.1, 0.15) is 11.5 Å². The summed E-state index contributed by atoms with van der Waals surface area (Å²) in [5.74, 6) is -0.636. The molecule has 0 spiro atoms. The first-order valence-corrected chi connectivity index (χ1v) is 11.0. The lowest BCUT2D eigenvalue weighted by Crippen LogP contribution is -2.30. The highest BCUT2D eigenvalue weighted by Gasteiger charge is 2.29. The molecule has 0 bridgehead atoms. The van der Waals surface area contributed by atoms with Gasteiger partial charge < -0.3 is 19.7 Å². The Morgan fingerprint density at radius 2 is 2.00 bits per heavy atom. The van der Waals surface area contributed by atoms with Crippen LogP contribution in [0.5, 0.6) is 0 Å². The van der Waals surface area contributed by atoms with Crippen LogP contribution in [0.4, 0.5) is 10.9 Å². The molecule has 2 aromatic rings. The van der Waals surface area contributed by atoms with E-state index in [0.717, 1.165) is 29.7 Å². The second-order valence-corrected chi connectivity index (χ2v) is 8.50. The molecule has 1 amide bonds. The van der Waals surface area contributed by atoms with Crippen LogP contribution >= 0.6 is 11.3 Å². The first-order chi connectivity index (χ1) is 14.9. The molecule has 0 fully saturated rings. The summed E-state index contributed by atoms with van der Waals surface area (Å²) in [6.07, 6.45) is 5.77. The van der Waals surface area contributed by atoms with Crippen molar-refractivity contribution >= 4 is 40.1 Å². The molecule has 1 aliphatic carbocycles. The van der Waals surface area contributed by atoms with Gasteiger partial charge in [0.2, 0.25) is 5.95 Å². The van der Waals surface area contributed by atoms with Gasteiger partial charge in [-0.2, -0.15) is 0 Å². The smallest absolute Gasteiger partial charge is 0.341 e. The summed E-state index contributed by atoms with van der Waals surface area (Å²) in [5, 5.41) is 3.18. The van der Waals surface area contributed by atoms with E-state index in [1.165, 1.54) is 16.2 Å². The molecular formula is C21H26N4O5S. The van der Waals surface area contributed by atoms with Gasteiger partial charge in [-0.1, -0.05) is 6.92 Å². The third-order valence-corrected chi connectivity index (χ3v) is 6.04. The summed E-state index contributed by atoms with van der Waals surface area (Å²) in [6.45, 7) is 3.61. The Balaban J connectivity index is 1.61. The number of carbonyl (C=O) groups is 3. The fourth-order valence-corrected chi connectivity index (χ4v) is 4.78. The number of hydrogen-bond donors (Lipinski definition) is 1. The Labute approximate surface area is 184 Å². The lowest BCUT2D eigenvalue weighted by atomic mass is 9.88. The predicted octanol–water partition coefficient (Wildman–Crippen LogP) is 2.46. The maximum atomic E-state index is 12.5. The van der Waals surface area contributed by atoms with Crippen LogP contribution in [0, 0.1) is 5.92 Å². The van der Waals surface area contributed by atoms with E-state index < -0.39 is 24.5 Å². The van der Waals surface area contributed by atoms with E-state index in [1.807, 2.05) is 0 Å². The van der Waals surface area contributed by atoms with Gasteiger partial charge in [0, 0.05) is 24.3 Å². The van der Waals surface area contributed by atoms with Gasteiger partial charge in [-0.05, 0) is 43.7 Å². The summed E-state index contributed by atoms with van der Waals surface area (Å²) in [7, 11) is 1.65. The highest BCUT2D eigenvalue weighted by Crippen LogP contribution is 2.40. The zero-order valence-electron chi connectivity index (χ0n) is 17.8. The summed E-state index contributed by atoms with van der Waals surface area (Å²) in [4.78, 5) is 47.7. The van der Waals surface area contributed by atoms with Gasteiger partial charge >= 0.3 is 11.9 Å². The molecule has 0 saturated carbocycles. The quantitative estimate of drug-likeness (QED) is 0.616. The van der Waals surface area contributed by atoms with E-state index in [4.69, 9.17) is 9.47 Å². The number of nitrogens with one attached hydrogen (secondary N) is 1. The van der Waals surface area contributed by atoms with E-state index in [-0.39, 0.29) is 13.2 Å². The number of carbonyl (C=O) groups excluding carboxylic acids is 3. The molecule has 166 valence electrons. The van der Waals surface area contributed by atoms with Gasteiger partial charge in [0.05, 0.1) is 12.2 Å². The fraction of sp³-hybridized carbons (Fsp3) is 0.476. The number of esters is 2. The molecule has 0 aliphatic heterocycles. The molecule has 1 N–H and O–H groups in total. The van der Waals surface area contributed by atoms with E-state index in [2.05, 4.69) is 22.2 Å². The Hall–Kier alpha value is -3.01.